The van der Waals surface area contributed by atoms with E-state index in [1.54, 1.807) is 23.8 Å². The molecular weight excluding hydrogens is 366 g/mol. The van der Waals surface area contributed by atoms with E-state index in [0.29, 0.717) is 12.3 Å². The van der Waals surface area contributed by atoms with Gasteiger partial charge < -0.3 is 4.42 Å². The minimum absolute atomic E-state index is 0.615. The molecule has 0 saturated heterocycles. The Hall–Kier alpha value is -3.18. The van der Waals surface area contributed by atoms with Crippen LogP contribution in [0, 0.1) is 13.8 Å². The van der Waals surface area contributed by atoms with E-state index in [4.69, 9.17) is 9.41 Å². The van der Waals surface area contributed by atoms with Gasteiger partial charge in [0.2, 0.25) is 4.80 Å². The lowest BCUT2D eigenvalue weighted by Gasteiger charge is -2.06. The number of aryl methyl sites for hydroxylation is 2. The molecule has 4 nitrogen and oxygen atoms in total. The molecule has 2 aromatic carbocycles. The van der Waals surface area contributed by atoms with E-state index in [0.717, 1.165) is 16.1 Å². The second-order valence-electron chi connectivity index (χ2n) is 6.58. The van der Waals surface area contributed by atoms with E-state index in [1.807, 2.05) is 35.0 Å². The zero-order valence-corrected chi connectivity index (χ0v) is 16.7. The van der Waals surface area contributed by atoms with Crippen LogP contribution in [0.25, 0.3) is 11.3 Å². The summed E-state index contributed by atoms with van der Waals surface area (Å²) in [5.41, 5.74) is 5.84. The standard InChI is InChI=1S/C23H21N3OS/c1-17-10-11-20(13-18(17)2)22-16-28-23(24-14-19-7-4-3-5-8-19)26(22)25-15-21-9-6-12-27-21/h3-13,15-16H,14H2,1-2H3. The fourth-order valence-electron chi connectivity index (χ4n) is 2.84. The molecule has 0 radical (unpaired) electrons. The molecule has 4 rings (SSSR count). The third-order valence-corrected chi connectivity index (χ3v) is 5.43. The van der Waals surface area contributed by atoms with Gasteiger partial charge in [-0.25, -0.2) is 4.68 Å². The molecule has 0 unspecified atom stereocenters. The predicted molar refractivity (Wildman–Crippen MR) is 115 cm³/mol. The molecule has 0 aliphatic carbocycles. The van der Waals surface area contributed by atoms with Gasteiger partial charge in [-0.3, -0.25) is 4.99 Å². The molecule has 140 valence electrons. The van der Waals surface area contributed by atoms with Crippen molar-refractivity contribution in [2.24, 2.45) is 10.1 Å². The summed E-state index contributed by atoms with van der Waals surface area (Å²) in [5.74, 6) is 0.707. The van der Waals surface area contributed by atoms with Crippen LogP contribution < -0.4 is 4.80 Å². The van der Waals surface area contributed by atoms with Gasteiger partial charge in [-0.1, -0.05) is 42.5 Å². The Morgan fingerprint density at radius 2 is 1.86 bits per heavy atom. The van der Waals surface area contributed by atoms with E-state index in [-0.39, 0.29) is 0 Å². The maximum absolute atomic E-state index is 5.39. The maximum atomic E-state index is 5.39. The Kier molecular flexibility index (Phi) is 5.35. The van der Waals surface area contributed by atoms with Crippen LogP contribution >= 0.6 is 11.3 Å². The van der Waals surface area contributed by atoms with Crippen LogP contribution in [-0.2, 0) is 6.54 Å². The van der Waals surface area contributed by atoms with Crippen molar-refractivity contribution in [3.05, 3.63) is 99.6 Å². The fourth-order valence-corrected chi connectivity index (χ4v) is 3.68. The van der Waals surface area contributed by atoms with Gasteiger partial charge in [0.1, 0.15) is 5.76 Å². The molecular formula is C23H21N3OS. The average Bonchev–Trinajstić information content (AvgIpc) is 3.37. The normalized spacial score (nSPS) is 12.1. The van der Waals surface area contributed by atoms with Crippen molar-refractivity contribution in [1.29, 1.82) is 0 Å². The number of hydrogen-bond donors (Lipinski definition) is 0. The summed E-state index contributed by atoms with van der Waals surface area (Å²) >= 11 is 1.59. The molecule has 0 saturated carbocycles. The second-order valence-corrected chi connectivity index (χ2v) is 7.41. The SMILES string of the molecule is Cc1ccc(-c2csc(=NCc3ccccc3)n2N=Cc2ccco2)cc1C. The molecule has 0 atom stereocenters. The largest absolute Gasteiger partial charge is 0.463 e. The highest BCUT2D eigenvalue weighted by Gasteiger charge is 2.09. The molecule has 28 heavy (non-hydrogen) atoms. The lowest BCUT2D eigenvalue weighted by molar-refractivity contribution is 0.559. The van der Waals surface area contributed by atoms with Gasteiger partial charge in [0, 0.05) is 10.9 Å². The molecule has 0 amide bonds. The van der Waals surface area contributed by atoms with Crippen molar-refractivity contribution >= 4 is 17.6 Å². The fraction of sp³-hybridized carbons (Fsp3) is 0.130. The molecule has 0 spiro atoms. The maximum Gasteiger partial charge on any atom is 0.206 e. The zero-order valence-electron chi connectivity index (χ0n) is 15.9. The van der Waals surface area contributed by atoms with Crippen molar-refractivity contribution in [1.82, 2.24) is 4.68 Å². The molecule has 2 heterocycles. The summed E-state index contributed by atoms with van der Waals surface area (Å²) in [4.78, 5) is 5.65. The molecule has 5 heteroatoms. The highest BCUT2D eigenvalue weighted by atomic mass is 32.1. The highest BCUT2D eigenvalue weighted by molar-refractivity contribution is 7.07. The monoisotopic (exact) mass is 387 g/mol. The average molecular weight is 388 g/mol. The van der Waals surface area contributed by atoms with E-state index in [2.05, 4.69) is 54.7 Å². The van der Waals surface area contributed by atoms with Crippen molar-refractivity contribution in [3.8, 4) is 11.3 Å². The Balaban J connectivity index is 1.77. The first-order chi connectivity index (χ1) is 13.7. The van der Waals surface area contributed by atoms with Gasteiger partial charge in [0.25, 0.3) is 0 Å². The number of aromatic nitrogens is 1. The molecule has 0 fully saturated rings. The van der Waals surface area contributed by atoms with Gasteiger partial charge in [0.05, 0.1) is 24.7 Å². The lowest BCUT2D eigenvalue weighted by atomic mass is 10.1. The molecule has 0 N–H and O–H groups in total. The summed E-state index contributed by atoms with van der Waals surface area (Å²) in [6, 6.07) is 20.4. The van der Waals surface area contributed by atoms with Gasteiger partial charge in [-0.05, 0) is 48.7 Å². The van der Waals surface area contributed by atoms with Crippen molar-refractivity contribution in [2.45, 2.75) is 20.4 Å². The Morgan fingerprint density at radius 1 is 1.00 bits per heavy atom. The predicted octanol–water partition coefficient (Wildman–Crippen LogP) is 5.41. The van der Waals surface area contributed by atoms with E-state index < -0.39 is 0 Å². The van der Waals surface area contributed by atoms with Gasteiger partial charge in [-0.15, -0.1) is 11.3 Å². The number of thiazole rings is 1. The van der Waals surface area contributed by atoms with E-state index in [9.17, 15) is 0 Å². The summed E-state index contributed by atoms with van der Waals surface area (Å²) in [6.07, 6.45) is 3.36. The first-order valence-corrected chi connectivity index (χ1v) is 9.99. The second kappa shape index (κ2) is 8.23. The number of hydrogen-bond acceptors (Lipinski definition) is 4. The van der Waals surface area contributed by atoms with Crippen molar-refractivity contribution in [2.75, 3.05) is 0 Å². The van der Waals surface area contributed by atoms with E-state index >= 15 is 0 Å². The van der Waals surface area contributed by atoms with Crippen LogP contribution in [0.3, 0.4) is 0 Å². The van der Waals surface area contributed by atoms with E-state index in [1.165, 1.54) is 16.7 Å². The first kappa shape index (κ1) is 18.2. The van der Waals surface area contributed by atoms with Gasteiger partial charge in [-0.2, -0.15) is 5.10 Å². The smallest absolute Gasteiger partial charge is 0.206 e. The number of nitrogens with zero attached hydrogens (tertiary/aromatic N) is 3. The topological polar surface area (TPSA) is 42.8 Å². The zero-order chi connectivity index (χ0) is 19.3. The molecule has 4 aromatic rings. The third kappa shape index (κ3) is 4.05. The van der Waals surface area contributed by atoms with Crippen molar-refractivity contribution < 1.29 is 4.42 Å². The Bertz CT molecular complexity index is 1150. The van der Waals surface area contributed by atoms with Crippen LogP contribution in [0.5, 0.6) is 0 Å². The molecule has 0 bridgehead atoms. The van der Waals surface area contributed by atoms with Crippen LogP contribution in [-0.4, -0.2) is 10.9 Å². The van der Waals surface area contributed by atoms with Crippen LogP contribution in [0.2, 0.25) is 0 Å². The number of furan rings is 1. The minimum atomic E-state index is 0.615. The summed E-state index contributed by atoms with van der Waals surface area (Å²) in [7, 11) is 0. The molecule has 0 aliphatic heterocycles. The van der Waals surface area contributed by atoms with Crippen LogP contribution in [0.4, 0.5) is 0 Å². The molecule has 0 aliphatic rings. The highest BCUT2D eigenvalue weighted by Crippen LogP contribution is 2.23. The minimum Gasteiger partial charge on any atom is -0.463 e. The quantitative estimate of drug-likeness (QED) is 0.422. The van der Waals surface area contributed by atoms with Crippen LogP contribution in [0.15, 0.2) is 86.8 Å². The summed E-state index contributed by atoms with van der Waals surface area (Å²) in [5, 5.41) is 6.77. The van der Waals surface area contributed by atoms with Crippen molar-refractivity contribution in [3.63, 3.8) is 0 Å². The summed E-state index contributed by atoms with van der Waals surface area (Å²) < 4.78 is 7.28. The lowest BCUT2D eigenvalue weighted by Crippen LogP contribution is -2.12. The van der Waals surface area contributed by atoms with Gasteiger partial charge in [0.15, 0.2) is 0 Å². The summed E-state index contributed by atoms with van der Waals surface area (Å²) in [6.45, 7) is 4.86. The Morgan fingerprint density at radius 3 is 2.61 bits per heavy atom. The number of rotatable bonds is 5. The Labute approximate surface area is 168 Å². The molecule has 2 aromatic heterocycles. The first-order valence-electron chi connectivity index (χ1n) is 9.11. The van der Waals surface area contributed by atoms with Crippen LogP contribution in [0.1, 0.15) is 22.5 Å². The van der Waals surface area contributed by atoms with Gasteiger partial charge >= 0.3 is 0 Å². The number of benzene rings is 2. The third-order valence-electron chi connectivity index (χ3n) is 4.57.